The molecular weight excluding hydrogens is 373 g/mol. The summed E-state index contributed by atoms with van der Waals surface area (Å²) in [6.07, 6.45) is 3.24. The monoisotopic (exact) mass is 387 g/mol. The maximum atomic E-state index is 13.1. The molecule has 0 bridgehead atoms. The molecule has 1 amide bonds. The van der Waals surface area contributed by atoms with Crippen LogP contribution in [0.2, 0.25) is 0 Å². The second-order valence-corrected chi connectivity index (χ2v) is 7.00. The molecule has 0 aromatic heterocycles. The minimum atomic E-state index is -0.383. The van der Waals surface area contributed by atoms with Crippen LogP contribution < -0.4 is 9.64 Å². The summed E-state index contributed by atoms with van der Waals surface area (Å²) in [7, 11) is 0. The molecule has 7 heteroatoms. The summed E-state index contributed by atoms with van der Waals surface area (Å²) in [5.74, 6) is -0.366. The van der Waals surface area contributed by atoms with Gasteiger partial charge in [0, 0.05) is 0 Å². The van der Waals surface area contributed by atoms with E-state index in [9.17, 15) is 14.3 Å². The number of anilines is 1. The van der Waals surface area contributed by atoms with Gasteiger partial charge in [-0.2, -0.15) is 0 Å². The van der Waals surface area contributed by atoms with Gasteiger partial charge in [-0.15, -0.1) is 0 Å². The van der Waals surface area contributed by atoms with E-state index in [0.29, 0.717) is 26.2 Å². The van der Waals surface area contributed by atoms with Gasteiger partial charge in [0.15, 0.2) is 15.8 Å². The molecule has 2 aromatic carbocycles. The van der Waals surface area contributed by atoms with Crippen LogP contribution in [-0.4, -0.2) is 21.9 Å². The lowest BCUT2D eigenvalue weighted by Crippen LogP contribution is -2.27. The summed E-state index contributed by atoms with van der Waals surface area (Å²) >= 11 is 6.45. The number of carbonyl (C=O) groups is 1. The van der Waals surface area contributed by atoms with Gasteiger partial charge in [-0.3, -0.25) is 9.69 Å². The van der Waals surface area contributed by atoms with Crippen molar-refractivity contribution in [2.75, 3.05) is 11.5 Å². The number of hydrogen-bond donors (Lipinski definition) is 1. The Hall–Kier alpha value is -2.64. The van der Waals surface area contributed by atoms with E-state index in [1.165, 1.54) is 35.2 Å². The number of phenolic OH excluding ortho intramolecular Hbond substituents is 1. The van der Waals surface area contributed by atoms with Gasteiger partial charge in [0.1, 0.15) is 12.4 Å². The fourth-order valence-corrected chi connectivity index (χ4v) is 3.62. The van der Waals surface area contributed by atoms with E-state index in [0.717, 1.165) is 11.8 Å². The average Bonchev–Trinajstić information content (AvgIpc) is 2.90. The molecule has 1 aliphatic rings. The molecule has 4 nitrogen and oxygen atoms in total. The van der Waals surface area contributed by atoms with E-state index in [2.05, 4.69) is 6.58 Å². The lowest BCUT2D eigenvalue weighted by atomic mass is 10.2. The molecule has 0 radical (unpaired) electrons. The van der Waals surface area contributed by atoms with Gasteiger partial charge in [-0.1, -0.05) is 42.7 Å². The van der Waals surface area contributed by atoms with Crippen molar-refractivity contribution in [2.45, 2.75) is 0 Å². The zero-order chi connectivity index (χ0) is 18.7. The summed E-state index contributed by atoms with van der Waals surface area (Å²) in [5, 5.41) is 9.82. The van der Waals surface area contributed by atoms with Crippen LogP contribution in [0.15, 0.2) is 60.0 Å². The first kappa shape index (κ1) is 18.2. The van der Waals surface area contributed by atoms with Gasteiger partial charge < -0.3 is 9.84 Å². The summed E-state index contributed by atoms with van der Waals surface area (Å²) in [6.45, 7) is 3.82. The number of ether oxygens (including phenoxy) is 1. The smallest absolute Gasteiger partial charge is 0.270 e. The molecule has 3 rings (SSSR count). The second kappa shape index (κ2) is 7.72. The summed E-state index contributed by atoms with van der Waals surface area (Å²) in [5.41, 5.74) is 1.19. The van der Waals surface area contributed by atoms with Crippen molar-refractivity contribution in [2.24, 2.45) is 0 Å². The van der Waals surface area contributed by atoms with Crippen molar-refractivity contribution in [1.82, 2.24) is 0 Å². The van der Waals surface area contributed by atoms with Crippen LogP contribution >= 0.6 is 24.0 Å². The van der Waals surface area contributed by atoms with Gasteiger partial charge in [0.25, 0.3) is 5.91 Å². The predicted molar refractivity (Wildman–Crippen MR) is 106 cm³/mol. The third-order valence-electron chi connectivity index (χ3n) is 3.52. The van der Waals surface area contributed by atoms with Gasteiger partial charge in [0.05, 0.1) is 10.6 Å². The fourth-order valence-electron chi connectivity index (χ4n) is 2.32. The van der Waals surface area contributed by atoms with Gasteiger partial charge in [-0.25, -0.2) is 4.39 Å². The molecule has 0 spiro atoms. The second-order valence-electron chi connectivity index (χ2n) is 5.32. The SMILES string of the molecule is C=CCOc1cc(/C=C2/SC(=S)N(c3ccc(F)cc3)C2=O)ccc1O. The number of rotatable bonds is 5. The quantitative estimate of drug-likeness (QED) is 0.465. The van der Waals surface area contributed by atoms with Crippen LogP contribution in [0.25, 0.3) is 6.08 Å². The van der Waals surface area contributed by atoms with E-state index in [1.54, 1.807) is 24.3 Å². The molecule has 1 saturated heterocycles. The molecule has 1 fully saturated rings. The van der Waals surface area contributed by atoms with Crippen molar-refractivity contribution in [3.8, 4) is 11.5 Å². The molecule has 1 aliphatic heterocycles. The van der Waals surface area contributed by atoms with Crippen LogP contribution in [0.5, 0.6) is 11.5 Å². The number of nitrogens with zero attached hydrogens (tertiary/aromatic N) is 1. The van der Waals surface area contributed by atoms with E-state index >= 15 is 0 Å². The Labute approximate surface area is 159 Å². The van der Waals surface area contributed by atoms with E-state index in [4.69, 9.17) is 17.0 Å². The Balaban J connectivity index is 1.88. The Kier molecular flexibility index (Phi) is 5.39. The van der Waals surface area contributed by atoms with E-state index in [1.807, 2.05) is 0 Å². The van der Waals surface area contributed by atoms with Crippen LogP contribution in [0.3, 0.4) is 0 Å². The number of phenols is 1. The largest absolute Gasteiger partial charge is 0.504 e. The standard InChI is InChI=1S/C19H14FNO3S2/c1-2-9-24-16-10-12(3-8-15(16)22)11-17-18(23)21(19(25)26-17)14-6-4-13(20)5-7-14/h2-8,10-11,22H,1,9H2/b17-11+. The van der Waals surface area contributed by atoms with Crippen LogP contribution in [0, 0.1) is 5.82 Å². The fraction of sp³-hybridized carbons (Fsp3) is 0.0526. The lowest BCUT2D eigenvalue weighted by Gasteiger charge is -2.14. The third-order valence-corrected chi connectivity index (χ3v) is 4.82. The van der Waals surface area contributed by atoms with Crippen molar-refractivity contribution in [3.05, 3.63) is 71.4 Å². The summed E-state index contributed by atoms with van der Waals surface area (Å²) < 4.78 is 18.8. The zero-order valence-electron chi connectivity index (χ0n) is 13.5. The van der Waals surface area contributed by atoms with Crippen molar-refractivity contribution >= 4 is 46.0 Å². The molecule has 132 valence electrons. The van der Waals surface area contributed by atoms with Crippen LogP contribution in [0.4, 0.5) is 10.1 Å². The Morgan fingerprint density at radius 1 is 1.27 bits per heavy atom. The lowest BCUT2D eigenvalue weighted by molar-refractivity contribution is -0.113. The third kappa shape index (κ3) is 3.79. The summed E-state index contributed by atoms with van der Waals surface area (Å²) in [6, 6.07) is 10.4. The molecular formula is C19H14FNO3S2. The number of thioether (sulfide) groups is 1. The van der Waals surface area contributed by atoms with Gasteiger partial charge in [0.2, 0.25) is 0 Å². The molecule has 2 aromatic rings. The van der Waals surface area contributed by atoms with Gasteiger partial charge in [-0.05, 0) is 48.0 Å². The molecule has 0 aliphatic carbocycles. The highest BCUT2D eigenvalue weighted by atomic mass is 32.2. The topological polar surface area (TPSA) is 49.8 Å². The number of halogens is 1. The van der Waals surface area contributed by atoms with Crippen LogP contribution in [0.1, 0.15) is 5.56 Å². The Morgan fingerprint density at radius 3 is 2.69 bits per heavy atom. The number of benzene rings is 2. The molecule has 0 unspecified atom stereocenters. The highest BCUT2D eigenvalue weighted by Crippen LogP contribution is 2.37. The molecule has 0 atom stereocenters. The van der Waals surface area contributed by atoms with Crippen molar-refractivity contribution < 1.29 is 19.0 Å². The average molecular weight is 387 g/mol. The minimum Gasteiger partial charge on any atom is -0.504 e. The number of amides is 1. The zero-order valence-corrected chi connectivity index (χ0v) is 15.1. The highest BCUT2D eigenvalue weighted by molar-refractivity contribution is 8.27. The molecule has 0 saturated carbocycles. The van der Waals surface area contributed by atoms with Crippen molar-refractivity contribution in [3.63, 3.8) is 0 Å². The molecule has 1 heterocycles. The maximum absolute atomic E-state index is 13.1. The van der Waals surface area contributed by atoms with Crippen molar-refractivity contribution in [1.29, 1.82) is 0 Å². The number of carbonyl (C=O) groups excluding carboxylic acids is 1. The number of hydrogen-bond acceptors (Lipinski definition) is 5. The summed E-state index contributed by atoms with van der Waals surface area (Å²) in [4.78, 5) is 14.5. The molecule has 1 N–H and O–H groups in total. The Bertz CT molecular complexity index is 910. The van der Waals surface area contributed by atoms with E-state index in [-0.39, 0.29) is 24.1 Å². The normalized spacial score (nSPS) is 15.6. The first-order valence-electron chi connectivity index (χ1n) is 7.60. The minimum absolute atomic E-state index is 0.00265. The van der Waals surface area contributed by atoms with Crippen LogP contribution in [-0.2, 0) is 4.79 Å². The number of aromatic hydroxyl groups is 1. The first-order chi connectivity index (χ1) is 12.5. The first-order valence-corrected chi connectivity index (χ1v) is 8.82. The Morgan fingerprint density at radius 2 is 2.00 bits per heavy atom. The maximum Gasteiger partial charge on any atom is 0.270 e. The predicted octanol–water partition coefficient (Wildman–Crippen LogP) is 4.50. The van der Waals surface area contributed by atoms with Gasteiger partial charge >= 0.3 is 0 Å². The van der Waals surface area contributed by atoms with E-state index < -0.39 is 0 Å². The highest BCUT2D eigenvalue weighted by Gasteiger charge is 2.33. The number of thiocarbonyl (C=S) groups is 1. The molecule has 26 heavy (non-hydrogen) atoms.